The number of halogens is 1. The van der Waals surface area contributed by atoms with E-state index in [0.29, 0.717) is 22.3 Å². The molecule has 3 rings (SSSR count). The highest BCUT2D eigenvalue weighted by Crippen LogP contribution is 2.40. The molecule has 1 aromatic carbocycles. The second-order valence-corrected chi connectivity index (χ2v) is 5.03. The number of fused-ring (bicyclic) bond motifs is 1. The van der Waals surface area contributed by atoms with Crippen molar-refractivity contribution in [3.63, 3.8) is 0 Å². The lowest BCUT2D eigenvalue weighted by atomic mass is 10.2. The van der Waals surface area contributed by atoms with E-state index in [0.717, 1.165) is 10.7 Å². The topological polar surface area (TPSA) is 62.1 Å². The summed E-state index contributed by atoms with van der Waals surface area (Å²) in [4.78, 5) is 0. The Bertz CT molecular complexity index is 589. The summed E-state index contributed by atoms with van der Waals surface area (Å²) in [5.41, 5.74) is 1.04. The van der Waals surface area contributed by atoms with Crippen molar-refractivity contribution in [1.82, 2.24) is 20.2 Å². The lowest BCUT2D eigenvalue weighted by Crippen LogP contribution is -1.93. The largest absolute Gasteiger partial charge is 0.454 e. The highest BCUT2D eigenvalue weighted by atomic mass is 35.5. The maximum absolute atomic E-state index is 6.11. The Balaban J connectivity index is 1.78. The molecular weight excluding hydrogens is 276 g/mol. The second kappa shape index (κ2) is 4.66. The molecule has 1 aliphatic heterocycles. The van der Waals surface area contributed by atoms with Crippen molar-refractivity contribution in [1.29, 1.82) is 0 Å². The molecule has 94 valence electrons. The van der Waals surface area contributed by atoms with E-state index in [4.69, 9.17) is 21.1 Å². The highest BCUT2D eigenvalue weighted by Gasteiger charge is 2.18. The molecule has 0 aliphatic carbocycles. The van der Waals surface area contributed by atoms with Gasteiger partial charge in [0.15, 0.2) is 11.5 Å². The van der Waals surface area contributed by atoms with Crippen molar-refractivity contribution in [3.8, 4) is 11.5 Å². The first-order valence-electron chi connectivity index (χ1n) is 5.17. The number of hydrogen-bond acceptors (Lipinski definition) is 6. The first-order chi connectivity index (χ1) is 8.74. The van der Waals surface area contributed by atoms with Crippen molar-refractivity contribution >= 4 is 23.4 Å². The van der Waals surface area contributed by atoms with Gasteiger partial charge in [-0.05, 0) is 28.1 Å². The summed E-state index contributed by atoms with van der Waals surface area (Å²) >= 11 is 7.64. The van der Waals surface area contributed by atoms with Crippen LogP contribution in [-0.2, 0) is 12.8 Å². The molecule has 0 radical (unpaired) electrons. The number of tetrazole rings is 1. The molecule has 0 fully saturated rings. The molecule has 0 spiro atoms. The van der Waals surface area contributed by atoms with E-state index in [-0.39, 0.29) is 6.79 Å². The van der Waals surface area contributed by atoms with Gasteiger partial charge in [-0.25, -0.2) is 4.68 Å². The van der Waals surface area contributed by atoms with E-state index < -0.39 is 0 Å². The molecule has 0 amide bonds. The minimum absolute atomic E-state index is 0.221. The van der Waals surface area contributed by atoms with Gasteiger partial charge in [-0.1, -0.05) is 23.4 Å². The minimum atomic E-state index is 0.221. The molecule has 0 saturated heterocycles. The van der Waals surface area contributed by atoms with Gasteiger partial charge in [-0.3, -0.25) is 0 Å². The van der Waals surface area contributed by atoms with Crippen molar-refractivity contribution in [2.75, 3.05) is 6.79 Å². The standard InChI is InChI=1S/C10H9ClN4O2S/c1-15-10(12-13-14-15)18-4-6-2-7(11)9-8(3-6)16-5-17-9/h2-3H,4-5H2,1H3. The number of ether oxygens (including phenoxy) is 2. The summed E-state index contributed by atoms with van der Waals surface area (Å²) in [7, 11) is 1.80. The quantitative estimate of drug-likeness (QED) is 0.802. The van der Waals surface area contributed by atoms with Gasteiger partial charge in [0, 0.05) is 12.8 Å². The maximum Gasteiger partial charge on any atom is 0.231 e. The van der Waals surface area contributed by atoms with E-state index in [1.807, 2.05) is 12.1 Å². The molecule has 0 N–H and O–H groups in total. The zero-order valence-corrected chi connectivity index (χ0v) is 11.0. The molecule has 0 unspecified atom stereocenters. The zero-order valence-electron chi connectivity index (χ0n) is 9.46. The first kappa shape index (κ1) is 11.6. The molecular formula is C10H9ClN4O2S. The summed E-state index contributed by atoms with van der Waals surface area (Å²) in [6.45, 7) is 0.221. The number of benzene rings is 1. The predicted molar refractivity (Wildman–Crippen MR) is 65.9 cm³/mol. The van der Waals surface area contributed by atoms with E-state index in [9.17, 15) is 0 Å². The normalized spacial score (nSPS) is 13.0. The third-order valence-corrected chi connectivity index (χ3v) is 3.80. The van der Waals surface area contributed by atoms with Crippen LogP contribution in [0.25, 0.3) is 0 Å². The molecule has 2 aromatic rings. The number of rotatable bonds is 3. The molecule has 0 saturated carbocycles. The van der Waals surface area contributed by atoms with Gasteiger partial charge < -0.3 is 9.47 Å². The van der Waals surface area contributed by atoms with Crippen molar-refractivity contribution in [3.05, 3.63) is 22.7 Å². The third-order valence-electron chi connectivity index (χ3n) is 2.44. The molecule has 18 heavy (non-hydrogen) atoms. The predicted octanol–water partition coefficient (Wildman–Crippen LogP) is 1.88. The Hall–Kier alpha value is -1.47. The van der Waals surface area contributed by atoms with E-state index >= 15 is 0 Å². The van der Waals surface area contributed by atoms with Gasteiger partial charge in [-0.2, -0.15) is 0 Å². The summed E-state index contributed by atoms with van der Waals surface area (Å²) in [6.07, 6.45) is 0. The second-order valence-electron chi connectivity index (χ2n) is 3.69. The van der Waals surface area contributed by atoms with Crippen LogP contribution in [0.5, 0.6) is 11.5 Å². The van der Waals surface area contributed by atoms with E-state index in [1.165, 1.54) is 11.8 Å². The van der Waals surface area contributed by atoms with Gasteiger partial charge in [0.2, 0.25) is 11.9 Å². The van der Waals surface area contributed by atoms with E-state index in [2.05, 4.69) is 15.5 Å². The monoisotopic (exact) mass is 284 g/mol. The van der Waals surface area contributed by atoms with Crippen molar-refractivity contribution in [2.45, 2.75) is 10.9 Å². The number of aryl methyl sites for hydroxylation is 1. The van der Waals surface area contributed by atoms with Crippen LogP contribution in [-0.4, -0.2) is 27.0 Å². The van der Waals surface area contributed by atoms with Crippen molar-refractivity contribution in [2.24, 2.45) is 7.05 Å². The number of aromatic nitrogens is 4. The fourth-order valence-electron chi connectivity index (χ4n) is 1.60. The highest BCUT2D eigenvalue weighted by molar-refractivity contribution is 7.98. The molecule has 1 aromatic heterocycles. The Kier molecular flexibility index (Phi) is 3.00. The fourth-order valence-corrected chi connectivity index (χ4v) is 2.66. The smallest absolute Gasteiger partial charge is 0.231 e. The average molecular weight is 285 g/mol. The number of hydrogen-bond donors (Lipinski definition) is 0. The van der Waals surface area contributed by atoms with Crippen LogP contribution in [0.3, 0.4) is 0 Å². The molecule has 6 nitrogen and oxygen atoms in total. The maximum atomic E-state index is 6.11. The van der Waals surface area contributed by atoms with Gasteiger partial charge >= 0.3 is 0 Å². The molecule has 0 atom stereocenters. The van der Waals surface area contributed by atoms with E-state index in [1.54, 1.807) is 11.7 Å². The first-order valence-corrected chi connectivity index (χ1v) is 6.53. The lowest BCUT2D eigenvalue weighted by Gasteiger charge is -2.04. The van der Waals surface area contributed by atoms with Crippen LogP contribution in [0, 0.1) is 0 Å². The summed E-state index contributed by atoms with van der Waals surface area (Å²) in [6, 6.07) is 3.79. The number of thioether (sulfide) groups is 1. The van der Waals surface area contributed by atoms with Gasteiger partial charge in [0.05, 0.1) is 5.02 Å². The Morgan fingerprint density at radius 1 is 1.44 bits per heavy atom. The number of nitrogens with zero attached hydrogens (tertiary/aromatic N) is 4. The van der Waals surface area contributed by atoms with Gasteiger partial charge in [0.25, 0.3) is 0 Å². The van der Waals surface area contributed by atoms with Crippen molar-refractivity contribution < 1.29 is 9.47 Å². The fraction of sp³-hybridized carbons (Fsp3) is 0.300. The molecule has 0 bridgehead atoms. The summed E-state index contributed by atoms with van der Waals surface area (Å²) in [5, 5.41) is 12.6. The lowest BCUT2D eigenvalue weighted by molar-refractivity contribution is 0.174. The SMILES string of the molecule is Cn1nnnc1SCc1cc(Cl)c2c(c1)OCO2. The van der Waals surface area contributed by atoms with Crippen LogP contribution < -0.4 is 9.47 Å². The van der Waals surface area contributed by atoms with Crippen LogP contribution in [0.1, 0.15) is 5.56 Å². The Labute approximate surface area is 112 Å². The molecule has 1 aliphatic rings. The average Bonchev–Trinajstić information content (AvgIpc) is 2.95. The van der Waals surface area contributed by atoms with Crippen LogP contribution in [0.2, 0.25) is 5.02 Å². The van der Waals surface area contributed by atoms with Crippen LogP contribution >= 0.6 is 23.4 Å². The summed E-state index contributed by atoms with van der Waals surface area (Å²) in [5.74, 6) is 2.02. The van der Waals surface area contributed by atoms with Crippen LogP contribution in [0.4, 0.5) is 0 Å². The van der Waals surface area contributed by atoms with Crippen LogP contribution in [0.15, 0.2) is 17.3 Å². The summed E-state index contributed by atoms with van der Waals surface area (Å²) < 4.78 is 12.2. The Morgan fingerprint density at radius 3 is 3.11 bits per heavy atom. The molecule has 8 heteroatoms. The van der Waals surface area contributed by atoms with Gasteiger partial charge in [0.1, 0.15) is 0 Å². The van der Waals surface area contributed by atoms with Gasteiger partial charge in [-0.15, -0.1) is 5.10 Å². The zero-order chi connectivity index (χ0) is 12.5. The Morgan fingerprint density at radius 2 is 2.33 bits per heavy atom. The molecule has 2 heterocycles. The third kappa shape index (κ3) is 2.11. The minimum Gasteiger partial charge on any atom is -0.454 e.